The third kappa shape index (κ3) is 4.14. The molecule has 32 heavy (non-hydrogen) atoms. The smallest absolute Gasteiger partial charge is 0.256 e. The largest absolute Gasteiger partial charge is 0.494 e. The Kier molecular flexibility index (Phi) is 6.07. The number of amides is 1. The van der Waals surface area contributed by atoms with Gasteiger partial charge in [-0.15, -0.1) is 0 Å². The fourth-order valence-electron chi connectivity index (χ4n) is 3.71. The van der Waals surface area contributed by atoms with E-state index in [4.69, 9.17) is 14.5 Å². The van der Waals surface area contributed by atoms with Crippen molar-refractivity contribution >= 4 is 22.6 Å². The lowest BCUT2D eigenvalue weighted by atomic mass is 10.0. The highest BCUT2D eigenvalue weighted by Crippen LogP contribution is 2.32. The molecule has 1 N–H and O–H groups in total. The molecule has 7 heteroatoms. The summed E-state index contributed by atoms with van der Waals surface area (Å²) in [4.78, 5) is 18.3. The van der Waals surface area contributed by atoms with E-state index in [9.17, 15) is 4.79 Å². The predicted octanol–water partition coefficient (Wildman–Crippen LogP) is 4.99. The van der Waals surface area contributed by atoms with E-state index in [0.717, 1.165) is 16.6 Å². The molecule has 1 amide bonds. The van der Waals surface area contributed by atoms with Crippen LogP contribution in [0, 0.1) is 6.92 Å². The van der Waals surface area contributed by atoms with Crippen LogP contribution in [-0.2, 0) is 7.05 Å². The molecule has 0 fully saturated rings. The van der Waals surface area contributed by atoms with Gasteiger partial charge < -0.3 is 14.8 Å². The van der Waals surface area contributed by atoms with E-state index in [1.165, 1.54) is 0 Å². The average molecular weight is 431 g/mol. The maximum absolute atomic E-state index is 13.5. The number of carbonyl (C=O) groups excluding carboxylic acids is 1. The van der Waals surface area contributed by atoms with Crippen LogP contribution in [0.5, 0.6) is 11.5 Å². The van der Waals surface area contributed by atoms with Crippen molar-refractivity contribution in [2.24, 2.45) is 7.05 Å². The van der Waals surface area contributed by atoms with Crippen molar-refractivity contribution in [3.63, 3.8) is 0 Å². The monoisotopic (exact) mass is 430 g/mol. The Morgan fingerprint density at radius 2 is 1.78 bits per heavy atom. The summed E-state index contributed by atoms with van der Waals surface area (Å²) in [5.41, 5.74) is 4.09. The van der Waals surface area contributed by atoms with Gasteiger partial charge in [-0.2, -0.15) is 5.10 Å². The third-order valence-corrected chi connectivity index (χ3v) is 5.09. The van der Waals surface area contributed by atoms with Crippen LogP contribution < -0.4 is 14.8 Å². The number of aromatic nitrogens is 3. The van der Waals surface area contributed by atoms with Crippen molar-refractivity contribution in [3.8, 4) is 22.8 Å². The maximum atomic E-state index is 13.5. The van der Waals surface area contributed by atoms with Crippen LogP contribution in [0.15, 0.2) is 54.6 Å². The van der Waals surface area contributed by atoms with Crippen LogP contribution in [0.25, 0.3) is 22.3 Å². The Hall–Kier alpha value is -3.87. The Morgan fingerprint density at radius 3 is 2.50 bits per heavy atom. The van der Waals surface area contributed by atoms with Crippen molar-refractivity contribution in [2.75, 3.05) is 18.5 Å². The van der Waals surface area contributed by atoms with E-state index in [0.29, 0.717) is 47.3 Å². The van der Waals surface area contributed by atoms with E-state index in [1.807, 2.05) is 70.3 Å². The highest BCUT2D eigenvalue weighted by Gasteiger charge is 2.20. The second kappa shape index (κ2) is 9.09. The minimum atomic E-state index is -0.264. The highest BCUT2D eigenvalue weighted by molar-refractivity contribution is 6.13. The topological polar surface area (TPSA) is 78.3 Å². The van der Waals surface area contributed by atoms with Gasteiger partial charge in [0.05, 0.1) is 41.2 Å². The molecule has 0 aliphatic heterocycles. The Bertz CT molecular complexity index is 1270. The molecule has 7 nitrogen and oxygen atoms in total. The minimum absolute atomic E-state index is 0.264. The van der Waals surface area contributed by atoms with Crippen molar-refractivity contribution < 1.29 is 14.3 Å². The molecule has 164 valence electrons. The first-order chi connectivity index (χ1) is 15.5. The summed E-state index contributed by atoms with van der Waals surface area (Å²) in [6.07, 6.45) is 0. The van der Waals surface area contributed by atoms with E-state index in [-0.39, 0.29) is 5.91 Å². The number of hydrogen-bond donors (Lipinski definition) is 1. The number of fused-ring (bicyclic) bond motifs is 1. The van der Waals surface area contributed by atoms with E-state index in [2.05, 4.69) is 10.4 Å². The minimum Gasteiger partial charge on any atom is -0.494 e. The van der Waals surface area contributed by atoms with E-state index < -0.39 is 0 Å². The fourth-order valence-corrected chi connectivity index (χ4v) is 3.71. The first-order valence-electron chi connectivity index (χ1n) is 10.6. The third-order valence-electron chi connectivity index (χ3n) is 5.09. The lowest BCUT2D eigenvalue weighted by Crippen LogP contribution is -2.14. The normalized spacial score (nSPS) is 10.9. The van der Waals surface area contributed by atoms with Crippen molar-refractivity contribution in [1.29, 1.82) is 0 Å². The molecule has 0 spiro atoms. The SMILES string of the molecule is CCOc1ccc(OCC)c(NC(=O)c2cc(-c3ccccc3)nc3c2c(C)nn3C)c1. The van der Waals surface area contributed by atoms with Crippen molar-refractivity contribution in [2.45, 2.75) is 20.8 Å². The van der Waals surface area contributed by atoms with E-state index in [1.54, 1.807) is 16.8 Å². The second-order valence-corrected chi connectivity index (χ2v) is 7.31. The number of nitrogens with zero attached hydrogens (tertiary/aromatic N) is 3. The lowest BCUT2D eigenvalue weighted by Gasteiger charge is -2.14. The van der Waals surface area contributed by atoms with Gasteiger partial charge in [0.25, 0.3) is 5.91 Å². The first-order valence-corrected chi connectivity index (χ1v) is 10.6. The molecule has 0 bridgehead atoms. The van der Waals surface area contributed by atoms with Crippen LogP contribution in [-0.4, -0.2) is 33.9 Å². The lowest BCUT2D eigenvalue weighted by molar-refractivity contribution is 0.102. The van der Waals surface area contributed by atoms with Crippen molar-refractivity contribution in [1.82, 2.24) is 14.8 Å². The number of anilines is 1. The fraction of sp³-hybridized carbons (Fsp3) is 0.240. The summed E-state index contributed by atoms with van der Waals surface area (Å²) in [6, 6.07) is 17.0. The van der Waals surface area contributed by atoms with Gasteiger partial charge in [0, 0.05) is 18.7 Å². The maximum Gasteiger partial charge on any atom is 0.256 e. The number of nitrogens with one attached hydrogen (secondary N) is 1. The second-order valence-electron chi connectivity index (χ2n) is 7.31. The molecule has 0 radical (unpaired) electrons. The molecule has 4 rings (SSSR count). The molecule has 0 saturated carbocycles. The number of rotatable bonds is 7. The molecular formula is C25H26N4O3. The number of aryl methyl sites for hydroxylation is 2. The average Bonchev–Trinajstić information content (AvgIpc) is 3.09. The molecule has 0 aliphatic carbocycles. The Morgan fingerprint density at radius 1 is 1.03 bits per heavy atom. The number of hydrogen-bond acceptors (Lipinski definition) is 5. The van der Waals surface area contributed by atoms with Gasteiger partial charge in [0.1, 0.15) is 11.5 Å². The molecule has 0 unspecified atom stereocenters. The van der Waals surface area contributed by atoms with Crippen LogP contribution >= 0.6 is 0 Å². The molecule has 0 aliphatic rings. The number of pyridine rings is 1. The highest BCUT2D eigenvalue weighted by atomic mass is 16.5. The summed E-state index contributed by atoms with van der Waals surface area (Å²) in [5.74, 6) is 0.981. The van der Waals surface area contributed by atoms with Crippen LogP contribution in [0.4, 0.5) is 5.69 Å². The van der Waals surface area contributed by atoms with Gasteiger partial charge in [-0.3, -0.25) is 9.48 Å². The zero-order valence-electron chi connectivity index (χ0n) is 18.7. The summed E-state index contributed by atoms with van der Waals surface area (Å²) in [5, 5.41) is 8.22. The zero-order valence-corrected chi connectivity index (χ0v) is 18.7. The van der Waals surface area contributed by atoms with Crippen LogP contribution in [0.1, 0.15) is 29.9 Å². The molecule has 2 aromatic carbocycles. The van der Waals surface area contributed by atoms with Gasteiger partial charge in [-0.05, 0) is 39.0 Å². The standard InChI is InChI=1S/C25H26N4O3/c1-5-31-18-12-13-22(32-6-2)21(14-18)27-25(30)19-15-20(17-10-8-7-9-11-17)26-24-23(19)16(3)28-29(24)4/h7-15H,5-6H2,1-4H3,(H,27,30). The summed E-state index contributed by atoms with van der Waals surface area (Å²) in [6.45, 7) is 6.71. The number of ether oxygens (including phenoxy) is 2. The predicted molar refractivity (Wildman–Crippen MR) is 125 cm³/mol. The number of benzene rings is 2. The summed E-state index contributed by atoms with van der Waals surface area (Å²) >= 11 is 0. The van der Waals surface area contributed by atoms with Crippen molar-refractivity contribution in [3.05, 3.63) is 65.9 Å². The van der Waals surface area contributed by atoms with Gasteiger partial charge in [-0.25, -0.2) is 4.98 Å². The Balaban J connectivity index is 1.81. The van der Waals surface area contributed by atoms with Crippen LogP contribution in [0.3, 0.4) is 0 Å². The van der Waals surface area contributed by atoms with Gasteiger partial charge in [-0.1, -0.05) is 30.3 Å². The Labute approximate surface area is 187 Å². The van der Waals surface area contributed by atoms with Gasteiger partial charge in [0.2, 0.25) is 0 Å². The van der Waals surface area contributed by atoms with Gasteiger partial charge >= 0.3 is 0 Å². The molecule has 4 aromatic rings. The van der Waals surface area contributed by atoms with Gasteiger partial charge in [0.15, 0.2) is 5.65 Å². The molecule has 2 heterocycles. The molecule has 2 aromatic heterocycles. The zero-order chi connectivity index (χ0) is 22.7. The molecule has 0 atom stereocenters. The molecule has 0 saturated heterocycles. The quantitative estimate of drug-likeness (QED) is 0.447. The summed E-state index contributed by atoms with van der Waals surface area (Å²) in [7, 11) is 1.83. The molecular weight excluding hydrogens is 404 g/mol. The van der Waals surface area contributed by atoms with E-state index >= 15 is 0 Å². The summed E-state index contributed by atoms with van der Waals surface area (Å²) < 4.78 is 13.0. The van der Waals surface area contributed by atoms with Crippen LogP contribution in [0.2, 0.25) is 0 Å². The first kappa shape index (κ1) is 21.4. The number of carbonyl (C=O) groups is 1.